The van der Waals surface area contributed by atoms with E-state index < -0.39 is 0 Å². The first-order valence-electron chi connectivity index (χ1n) is 11.1. The minimum atomic E-state index is 0.109. The van der Waals surface area contributed by atoms with Gasteiger partial charge in [-0.15, -0.1) is 0 Å². The Kier molecular flexibility index (Phi) is 6.47. The fraction of sp³-hybridized carbons (Fsp3) is 0.458. The predicted octanol–water partition coefficient (Wildman–Crippen LogP) is 1.17. The summed E-state index contributed by atoms with van der Waals surface area (Å²) in [6.45, 7) is 4.99. The van der Waals surface area contributed by atoms with Crippen LogP contribution in [0, 0.1) is 0 Å². The molecular formula is C24H33N3O2+2. The third kappa shape index (κ3) is 4.98. The number of nitrogens with one attached hydrogen (secondary N) is 2. The average Bonchev–Trinajstić information content (AvgIpc) is 2.77. The van der Waals surface area contributed by atoms with Crippen molar-refractivity contribution < 1.29 is 19.7 Å². The molecule has 1 heterocycles. The number of phenolic OH excluding ortho intramolecular Hbond substituents is 1. The molecule has 1 saturated heterocycles. The Morgan fingerprint density at radius 3 is 2.14 bits per heavy atom. The van der Waals surface area contributed by atoms with Gasteiger partial charge in [-0.25, -0.2) is 0 Å². The van der Waals surface area contributed by atoms with Gasteiger partial charge in [0.25, 0.3) is 5.91 Å². The quantitative estimate of drug-likeness (QED) is 0.712. The summed E-state index contributed by atoms with van der Waals surface area (Å²) in [5.74, 6) is 0.319. The molecule has 3 N–H and O–H groups in total. The molecule has 2 fully saturated rings. The Balaban J connectivity index is 1.41. The van der Waals surface area contributed by atoms with Crippen LogP contribution in [-0.4, -0.2) is 49.8 Å². The fourth-order valence-corrected chi connectivity index (χ4v) is 4.93. The lowest BCUT2D eigenvalue weighted by Crippen LogP contribution is -3.30. The zero-order valence-corrected chi connectivity index (χ0v) is 17.1. The first kappa shape index (κ1) is 19.9. The van der Waals surface area contributed by atoms with Crippen molar-refractivity contribution in [1.82, 2.24) is 0 Å². The van der Waals surface area contributed by atoms with E-state index in [9.17, 15) is 9.90 Å². The number of para-hydroxylation sites is 1. The summed E-state index contributed by atoms with van der Waals surface area (Å²) in [7, 11) is 0. The molecule has 1 aliphatic carbocycles. The van der Waals surface area contributed by atoms with Gasteiger partial charge < -0.3 is 14.9 Å². The highest BCUT2D eigenvalue weighted by molar-refractivity contribution is 6.01. The van der Waals surface area contributed by atoms with Crippen LogP contribution in [0.5, 0.6) is 5.75 Å². The molecule has 2 aromatic carbocycles. The molecular weight excluding hydrogens is 362 g/mol. The molecule has 0 radical (unpaired) electrons. The first-order chi connectivity index (χ1) is 14.2. The second-order valence-corrected chi connectivity index (χ2v) is 8.50. The molecule has 0 atom stereocenters. The zero-order valence-electron chi connectivity index (χ0n) is 17.1. The molecule has 5 nitrogen and oxygen atoms in total. The first-order valence-corrected chi connectivity index (χ1v) is 11.1. The van der Waals surface area contributed by atoms with Crippen molar-refractivity contribution in [2.24, 2.45) is 0 Å². The van der Waals surface area contributed by atoms with Crippen LogP contribution in [0.15, 0.2) is 54.6 Å². The SMILES string of the molecule is O=C(C[NH+]1CC[NH+](C2CCCCC2)CC1)N(c1ccccc1)c1ccc(O)cc1. The summed E-state index contributed by atoms with van der Waals surface area (Å²) in [6, 6.07) is 17.5. The minimum Gasteiger partial charge on any atom is -0.508 e. The summed E-state index contributed by atoms with van der Waals surface area (Å²) >= 11 is 0. The number of piperazine rings is 1. The number of quaternary nitrogens is 2. The minimum absolute atomic E-state index is 0.109. The number of phenols is 1. The Morgan fingerprint density at radius 2 is 1.48 bits per heavy atom. The van der Waals surface area contributed by atoms with Crippen LogP contribution in [0.2, 0.25) is 0 Å². The summed E-state index contributed by atoms with van der Waals surface area (Å²) in [6.07, 6.45) is 6.95. The predicted molar refractivity (Wildman–Crippen MR) is 115 cm³/mol. The van der Waals surface area contributed by atoms with E-state index in [1.807, 2.05) is 30.3 Å². The van der Waals surface area contributed by atoms with Crippen LogP contribution < -0.4 is 14.7 Å². The number of rotatable bonds is 5. The van der Waals surface area contributed by atoms with Crippen molar-refractivity contribution in [2.45, 2.75) is 38.1 Å². The van der Waals surface area contributed by atoms with E-state index in [1.165, 1.54) is 50.1 Å². The number of carbonyl (C=O) groups excluding carboxylic acids is 1. The number of aromatic hydroxyl groups is 1. The van der Waals surface area contributed by atoms with Crippen LogP contribution in [0.3, 0.4) is 0 Å². The van der Waals surface area contributed by atoms with Gasteiger partial charge in [0.15, 0.2) is 6.54 Å². The zero-order chi connectivity index (χ0) is 20.1. The van der Waals surface area contributed by atoms with Crippen molar-refractivity contribution in [1.29, 1.82) is 0 Å². The van der Waals surface area contributed by atoms with Crippen molar-refractivity contribution in [3.05, 3.63) is 54.6 Å². The van der Waals surface area contributed by atoms with Gasteiger partial charge in [-0.1, -0.05) is 24.6 Å². The molecule has 0 spiro atoms. The van der Waals surface area contributed by atoms with E-state index in [0.29, 0.717) is 6.54 Å². The second-order valence-electron chi connectivity index (χ2n) is 8.50. The Morgan fingerprint density at radius 1 is 0.862 bits per heavy atom. The van der Waals surface area contributed by atoms with Crippen LogP contribution in [-0.2, 0) is 4.79 Å². The van der Waals surface area contributed by atoms with Gasteiger partial charge in [-0.05, 0) is 62.1 Å². The topological polar surface area (TPSA) is 49.4 Å². The van der Waals surface area contributed by atoms with Gasteiger partial charge in [-0.2, -0.15) is 0 Å². The Labute approximate surface area is 173 Å². The monoisotopic (exact) mass is 395 g/mol. The number of anilines is 2. The van der Waals surface area contributed by atoms with E-state index >= 15 is 0 Å². The summed E-state index contributed by atoms with van der Waals surface area (Å²) < 4.78 is 0. The summed E-state index contributed by atoms with van der Waals surface area (Å²) in [4.78, 5) is 18.2. The van der Waals surface area contributed by atoms with E-state index in [0.717, 1.165) is 30.5 Å². The molecule has 1 saturated carbocycles. The molecule has 154 valence electrons. The van der Waals surface area contributed by atoms with Gasteiger partial charge in [0.05, 0.1) is 6.04 Å². The fourth-order valence-electron chi connectivity index (χ4n) is 4.93. The Bertz CT molecular complexity index is 780. The van der Waals surface area contributed by atoms with Crippen molar-refractivity contribution in [3.63, 3.8) is 0 Å². The number of hydrogen-bond donors (Lipinski definition) is 3. The maximum absolute atomic E-state index is 13.3. The smallest absolute Gasteiger partial charge is 0.286 e. The molecule has 1 amide bonds. The third-order valence-corrected chi connectivity index (χ3v) is 6.55. The molecule has 1 aliphatic heterocycles. The molecule has 0 aromatic heterocycles. The molecule has 4 rings (SSSR count). The maximum Gasteiger partial charge on any atom is 0.286 e. The molecule has 0 unspecified atom stereocenters. The number of benzene rings is 2. The van der Waals surface area contributed by atoms with Crippen LogP contribution in [0.25, 0.3) is 0 Å². The summed E-state index contributed by atoms with van der Waals surface area (Å²) in [5, 5.41) is 9.63. The van der Waals surface area contributed by atoms with Crippen LogP contribution in [0.1, 0.15) is 32.1 Å². The van der Waals surface area contributed by atoms with Crippen LogP contribution in [0.4, 0.5) is 11.4 Å². The average molecular weight is 396 g/mol. The highest BCUT2D eigenvalue weighted by Gasteiger charge is 2.32. The lowest BCUT2D eigenvalue weighted by molar-refractivity contribution is -1.02. The van der Waals surface area contributed by atoms with E-state index in [2.05, 4.69) is 0 Å². The van der Waals surface area contributed by atoms with E-state index in [-0.39, 0.29) is 11.7 Å². The number of hydrogen-bond acceptors (Lipinski definition) is 2. The molecule has 2 aliphatic rings. The van der Waals surface area contributed by atoms with Gasteiger partial charge >= 0.3 is 0 Å². The molecule has 2 aromatic rings. The van der Waals surface area contributed by atoms with Crippen molar-refractivity contribution in [2.75, 3.05) is 37.6 Å². The van der Waals surface area contributed by atoms with Gasteiger partial charge in [0.2, 0.25) is 0 Å². The van der Waals surface area contributed by atoms with E-state index in [1.54, 1.807) is 34.1 Å². The maximum atomic E-state index is 13.3. The van der Waals surface area contributed by atoms with Gasteiger partial charge in [-0.3, -0.25) is 9.69 Å². The summed E-state index contributed by atoms with van der Waals surface area (Å²) in [5.41, 5.74) is 1.67. The lowest BCUT2D eigenvalue weighted by Gasteiger charge is -2.36. The highest BCUT2D eigenvalue weighted by atomic mass is 16.3. The third-order valence-electron chi connectivity index (χ3n) is 6.55. The second kappa shape index (κ2) is 9.42. The van der Waals surface area contributed by atoms with Gasteiger partial charge in [0.1, 0.15) is 31.9 Å². The van der Waals surface area contributed by atoms with E-state index in [4.69, 9.17) is 0 Å². The number of amides is 1. The normalized spacial score (nSPS) is 22.9. The van der Waals surface area contributed by atoms with Crippen molar-refractivity contribution >= 4 is 17.3 Å². The Hall–Kier alpha value is -2.37. The number of nitrogens with zero attached hydrogens (tertiary/aromatic N) is 1. The standard InChI is InChI=1S/C24H31N3O2/c28-23-13-11-22(12-14-23)27(21-9-5-2-6-10-21)24(29)19-25-15-17-26(18-16-25)20-7-3-1-4-8-20/h2,5-6,9-14,20,28H,1,3-4,7-8,15-19H2/p+2. The lowest BCUT2D eigenvalue weighted by atomic mass is 9.94. The molecule has 5 heteroatoms. The highest BCUT2D eigenvalue weighted by Crippen LogP contribution is 2.26. The van der Waals surface area contributed by atoms with Gasteiger partial charge in [0, 0.05) is 11.4 Å². The molecule has 0 bridgehead atoms. The van der Waals surface area contributed by atoms with Crippen molar-refractivity contribution in [3.8, 4) is 5.75 Å². The largest absolute Gasteiger partial charge is 0.508 e. The van der Waals surface area contributed by atoms with Crippen LogP contribution >= 0.6 is 0 Å². The molecule has 29 heavy (non-hydrogen) atoms. The number of carbonyl (C=O) groups is 1.